The van der Waals surface area contributed by atoms with Crippen LogP contribution in [0.4, 0.5) is 4.39 Å². The van der Waals surface area contributed by atoms with E-state index in [2.05, 4.69) is 0 Å². The lowest BCUT2D eigenvalue weighted by atomic mass is 10.0. The Morgan fingerprint density at radius 2 is 1.80 bits per heavy atom. The standard InChI is InChI=1S/C24H22FNO4/c25-18-6-2-1-5-17(18)20-10-11-22(30-20)24(27)26-12-3-7-19(26)16-8-9-21-23(15-16)29-14-4-13-28-21/h1-2,5-6,8-11,15,19H,3-4,7,12-14H2. The molecular formula is C24H22FNO4. The Bertz CT molecular complexity index is 1080. The van der Waals surface area contributed by atoms with Crippen LogP contribution in [0.2, 0.25) is 0 Å². The predicted molar refractivity (Wildman–Crippen MR) is 109 cm³/mol. The quantitative estimate of drug-likeness (QED) is 0.597. The number of ether oxygens (including phenoxy) is 2. The molecule has 1 amide bonds. The fourth-order valence-corrected chi connectivity index (χ4v) is 4.14. The maximum absolute atomic E-state index is 14.1. The first-order chi connectivity index (χ1) is 14.7. The van der Waals surface area contributed by atoms with Crippen LogP contribution >= 0.6 is 0 Å². The fraction of sp³-hybridized carbons (Fsp3) is 0.292. The van der Waals surface area contributed by atoms with Gasteiger partial charge in [-0.1, -0.05) is 18.2 Å². The highest BCUT2D eigenvalue weighted by atomic mass is 19.1. The van der Waals surface area contributed by atoms with Crippen LogP contribution in [-0.4, -0.2) is 30.6 Å². The van der Waals surface area contributed by atoms with Gasteiger partial charge in [-0.15, -0.1) is 0 Å². The molecule has 0 saturated carbocycles. The molecule has 2 aliphatic rings. The molecule has 5 nitrogen and oxygen atoms in total. The molecule has 154 valence electrons. The largest absolute Gasteiger partial charge is 0.490 e. The van der Waals surface area contributed by atoms with E-state index in [1.807, 2.05) is 23.1 Å². The summed E-state index contributed by atoms with van der Waals surface area (Å²) in [5.41, 5.74) is 1.36. The Kier molecular flexibility index (Phi) is 4.91. The molecule has 6 heteroatoms. The van der Waals surface area contributed by atoms with Gasteiger partial charge in [0.2, 0.25) is 0 Å². The van der Waals surface area contributed by atoms with Gasteiger partial charge in [0.25, 0.3) is 5.91 Å². The molecule has 2 aliphatic heterocycles. The minimum atomic E-state index is -0.378. The first-order valence-electron chi connectivity index (χ1n) is 10.3. The highest BCUT2D eigenvalue weighted by Crippen LogP contribution is 2.39. The number of hydrogen-bond donors (Lipinski definition) is 0. The van der Waals surface area contributed by atoms with Crippen molar-refractivity contribution in [3.8, 4) is 22.8 Å². The zero-order valence-corrected chi connectivity index (χ0v) is 16.5. The average Bonchev–Trinajstić information content (AvgIpc) is 3.39. The first-order valence-corrected chi connectivity index (χ1v) is 10.3. The summed E-state index contributed by atoms with van der Waals surface area (Å²) in [6, 6.07) is 15.5. The molecule has 0 spiro atoms. The van der Waals surface area contributed by atoms with Crippen LogP contribution in [0.3, 0.4) is 0 Å². The van der Waals surface area contributed by atoms with Gasteiger partial charge in [0.05, 0.1) is 24.8 Å². The molecule has 30 heavy (non-hydrogen) atoms. The lowest BCUT2D eigenvalue weighted by Gasteiger charge is -2.25. The van der Waals surface area contributed by atoms with E-state index in [9.17, 15) is 9.18 Å². The summed E-state index contributed by atoms with van der Waals surface area (Å²) in [4.78, 5) is 15.0. The monoisotopic (exact) mass is 407 g/mol. The van der Waals surface area contributed by atoms with Gasteiger partial charge in [-0.05, 0) is 54.8 Å². The number of carbonyl (C=O) groups excluding carboxylic acids is 1. The summed E-state index contributed by atoms with van der Waals surface area (Å²) in [6.07, 6.45) is 2.62. The first kappa shape index (κ1) is 18.7. The molecule has 0 aliphatic carbocycles. The van der Waals surface area contributed by atoms with E-state index in [0.717, 1.165) is 36.3 Å². The highest BCUT2D eigenvalue weighted by molar-refractivity contribution is 5.92. The molecule has 1 aromatic heterocycles. The number of fused-ring (bicyclic) bond motifs is 1. The third-order valence-electron chi connectivity index (χ3n) is 5.63. The number of furan rings is 1. The summed E-state index contributed by atoms with van der Waals surface area (Å²) in [5, 5.41) is 0. The second-order valence-corrected chi connectivity index (χ2v) is 7.56. The average molecular weight is 407 g/mol. The third-order valence-corrected chi connectivity index (χ3v) is 5.63. The Morgan fingerprint density at radius 3 is 2.67 bits per heavy atom. The van der Waals surface area contributed by atoms with Crippen LogP contribution < -0.4 is 9.47 Å². The topological polar surface area (TPSA) is 51.9 Å². The zero-order chi connectivity index (χ0) is 20.5. The van der Waals surface area contributed by atoms with Gasteiger partial charge in [0.1, 0.15) is 11.6 Å². The number of amides is 1. The summed E-state index contributed by atoms with van der Waals surface area (Å²) >= 11 is 0. The molecule has 3 heterocycles. The summed E-state index contributed by atoms with van der Waals surface area (Å²) in [6.45, 7) is 1.91. The molecule has 1 saturated heterocycles. The lowest BCUT2D eigenvalue weighted by Crippen LogP contribution is -2.30. The van der Waals surface area contributed by atoms with E-state index in [4.69, 9.17) is 13.9 Å². The molecule has 1 atom stereocenters. The molecular weight excluding hydrogens is 385 g/mol. The van der Waals surface area contributed by atoms with E-state index >= 15 is 0 Å². The third kappa shape index (κ3) is 3.43. The second kappa shape index (κ2) is 7.86. The number of benzene rings is 2. The van der Waals surface area contributed by atoms with Crippen LogP contribution in [-0.2, 0) is 0 Å². The van der Waals surface area contributed by atoms with Crippen molar-refractivity contribution in [3.63, 3.8) is 0 Å². The van der Waals surface area contributed by atoms with Gasteiger partial charge in [0, 0.05) is 13.0 Å². The molecule has 5 rings (SSSR count). The minimum Gasteiger partial charge on any atom is -0.490 e. The molecule has 2 aromatic carbocycles. The minimum absolute atomic E-state index is 0.0586. The number of nitrogens with zero attached hydrogens (tertiary/aromatic N) is 1. The van der Waals surface area contributed by atoms with Crippen LogP contribution in [0, 0.1) is 5.82 Å². The Balaban J connectivity index is 1.40. The maximum Gasteiger partial charge on any atom is 0.290 e. The van der Waals surface area contributed by atoms with Gasteiger partial charge < -0.3 is 18.8 Å². The van der Waals surface area contributed by atoms with Crippen molar-refractivity contribution in [2.75, 3.05) is 19.8 Å². The van der Waals surface area contributed by atoms with Crippen LogP contribution in [0.1, 0.15) is 41.4 Å². The van der Waals surface area contributed by atoms with Gasteiger partial charge >= 0.3 is 0 Å². The summed E-state index contributed by atoms with van der Waals surface area (Å²) in [5.74, 6) is 1.47. The van der Waals surface area contributed by atoms with E-state index in [1.54, 1.807) is 30.3 Å². The van der Waals surface area contributed by atoms with Gasteiger partial charge in [-0.3, -0.25) is 4.79 Å². The van der Waals surface area contributed by atoms with Gasteiger partial charge in [0.15, 0.2) is 17.3 Å². The number of halogens is 1. The van der Waals surface area contributed by atoms with Crippen molar-refractivity contribution in [2.45, 2.75) is 25.3 Å². The lowest BCUT2D eigenvalue weighted by molar-refractivity contribution is 0.0704. The van der Waals surface area contributed by atoms with Crippen molar-refractivity contribution >= 4 is 5.91 Å². The van der Waals surface area contributed by atoms with Gasteiger partial charge in [-0.2, -0.15) is 0 Å². The van der Waals surface area contributed by atoms with E-state index < -0.39 is 0 Å². The number of carbonyl (C=O) groups is 1. The van der Waals surface area contributed by atoms with E-state index in [0.29, 0.717) is 31.1 Å². The summed E-state index contributed by atoms with van der Waals surface area (Å²) < 4.78 is 31.3. The van der Waals surface area contributed by atoms with Crippen LogP contribution in [0.25, 0.3) is 11.3 Å². The predicted octanol–water partition coefficient (Wildman–Crippen LogP) is 5.22. The molecule has 0 bridgehead atoms. The van der Waals surface area contributed by atoms with E-state index in [-0.39, 0.29) is 23.5 Å². The smallest absolute Gasteiger partial charge is 0.290 e. The van der Waals surface area contributed by atoms with E-state index in [1.165, 1.54) is 6.07 Å². The number of hydrogen-bond acceptors (Lipinski definition) is 4. The van der Waals surface area contributed by atoms with Crippen molar-refractivity contribution in [1.82, 2.24) is 4.90 Å². The van der Waals surface area contributed by atoms with Crippen molar-refractivity contribution < 1.29 is 23.1 Å². The normalized spacial score (nSPS) is 18.3. The van der Waals surface area contributed by atoms with Crippen molar-refractivity contribution in [3.05, 3.63) is 71.7 Å². The van der Waals surface area contributed by atoms with Gasteiger partial charge in [-0.25, -0.2) is 4.39 Å². The Hall–Kier alpha value is -3.28. The van der Waals surface area contributed by atoms with Crippen LogP contribution in [0.5, 0.6) is 11.5 Å². The van der Waals surface area contributed by atoms with Crippen LogP contribution in [0.15, 0.2) is 59.0 Å². The molecule has 0 radical (unpaired) electrons. The highest BCUT2D eigenvalue weighted by Gasteiger charge is 2.33. The zero-order valence-electron chi connectivity index (χ0n) is 16.5. The molecule has 1 unspecified atom stereocenters. The van der Waals surface area contributed by atoms with Crippen molar-refractivity contribution in [2.24, 2.45) is 0 Å². The Labute approximate surface area is 174 Å². The van der Waals surface area contributed by atoms with Crippen molar-refractivity contribution in [1.29, 1.82) is 0 Å². The fourth-order valence-electron chi connectivity index (χ4n) is 4.14. The number of likely N-dealkylation sites (tertiary alicyclic amines) is 1. The second-order valence-electron chi connectivity index (χ2n) is 7.56. The molecule has 0 N–H and O–H groups in total. The molecule has 3 aromatic rings. The number of rotatable bonds is 3. The summed E-state index contributed by atoms with van der Waals surface area (Å²) in [7, 11) is 0. The SMILES string of the molecule is O=C(c1ccc(-c2ccccc2F)o1)N1CCCC1c1ccc2c(c1)OCCCO2. The maximum atomic E-state index is 14.1. The Morgan fingerprint density at radius 1 is 0.967 bits per heavy atom. The molecule has 1 fully saturated rings.